The van der Waals surface area contributed by atoms with Crippen LogP contribution in [-0.4, -0.2) is 0 Å². The molecule has 212 valence electrons. The quantitative estimate of drug-likeness (QED) is 0.197. The summed E-state index contributed by atoms with van der Waals surface area (Å²) in [6.45, 7) is 0. The highest BCUT2D eigenvalue weighted by Crippen LogP contribution is 2.48. The fourth-order valence-corrected chi connectivity index (χ4v) is 7.88. The van der Waals surface area contributed by atoms with Gasteiger partial charge in [0.05, 0.1) is 10.4 Å². The number of hydrogen-bond donors (Lipinski definition) is 0. The topological polar surface area (TPSA) is 16.4 Å². The second-order valence-electron chi connectivity index (χ2n) is 11.3. The van der Waals surface area contributed by atoms with Gasteiger partial charge in [-0.2, -0.15) is 0 Å². The molecule has 0 aliphatic carbocycles. The van der Waals surface area contributed by atoms with Crippen molar-refractivity contribution in [2.75, 3.05) is 4.90 Å². The van der Waals surface area contributed by atoms with Crippen LogP contribution in [0.1, 0.15) is 0 Å². The Balaban J connectivity index is 1.25. The average molecular weight is 594 g/mol. The number of rotatable bonds is 5. The molecule has 0 radical (unpaired) electrons. The minimum atomic E-state index is 0.927. The van der Waals surface area contributed by atoms with E-state index in [0.29, 0.717) is 0 Å². The van der Waals surface area contributed by atoms with Gasteiger partial charge in [-0.15, -0.1) is 11.3 Å². The first-order chi connectivity index (χ1) is 22.3. The van der Waals surface area contributed by atoms with Crippen molar-refractivity contribution in [1.82, 2.24) is 0 Å². The lowest BCUT2D eigenvalue weighted by atomic mass is 10.0. The van der Waals surface area contributed by atoms with Crippen LogP contribution in [0.4, 0.5) is 17.1 Å². The molecule has 0 aliphatic heterocycles. The molecule has 0 atom stereocenters. The normalized spacial score (nSPS) is 11.6. The third kappa shape index (κ3) is 4.32. The average Bonchev–Trinajstić information content (AvgIpc) is 3.69. The van der Waals surface area contributed by atoms with Gasteiger partial charge in [0.25, 0.3) is 0 Å². The van der Waals surface area contributed by atoms with Crippen molar-refractivity contribution in [3.05, 3.63) is 164 Å². The Morgan fingerprint density at radius 1 is 0.378 bits per heavy atom. The molecular weight excluding hydrogens is 567 g/mol. The lowest BCUT2D eigenvalue weighted by Crippen LogP contribution is -2.10. The van der Waals surface area contributed by atoms with Gasteiger partial charge >= 0.3 is 0 Å². The molecule has 0 aliphatic rings. The predicted molar refractivity (Wildman–Crippen MR) is 192 cm³/mol. The number of nitrogens with zero attached hydrogens (tertiary/aromatic N) is 1. The third-order valence-corrected chi connectivity index (χ3v) is 9.95. The van der Waals surface area contributed by atoms with Crippen molar-refractivity contribution in [2.45, 2.75) is 0 Å². The van der Waals surface area contributed by atoms with E-state index >= 15 is 0 Å². The zero-order chi connectivity index (χ0) is 29.7. The Kier molecular flexibility index (Phi) is 6.03. The number of anilines is 3. The Morgan fingerprint density at radius 3 is 1.56 bits per heavy atom. The molecule has 0 spiro atoms. The summed E-state index contributed by atoms with van der Waals surface area (Å²) < 4.78 is 8.78. The van der Waals surface area contributed by atoms with Gasteiger partial charge < -0.3 is 9.32 Å². The molecule has 3 heteroatoms. The molecule has 0 saturated heterocycles. The number of furan rings is 1. The van der Waals surface area contributed by atoms with Crippen molar-refractivity contribution < 1.29 is 4.42 Å². The Morgan fingerprint density at radius 2 is 0.911 bits per heavy atom. The summed E-state index contributed by atoms with van der Waals surface area (Å²) in [5.41, 5.74) is 10.1. The molecule has 0 bridgehead atoms. The van der Waals surface area contributed by atoms with E-state index in [9.17, 15) is 0 Å². The van der Waals surface area contributed by atoms with Crippen molar-refractivity contribution in [3.8, 4) is 22.3 Å². The molecule has 2 nitrogen and oxygen atoms in total. The van der Waals surface area contributed by atoms with Gasteiger partial charge in [0.15, 0.2) is 0 Å². The maximum Gasteiger partial charge on any atom is 0.136 e. The second kappa shape index (κ2) is 10.5. The van der Waals surface area contributed by atoms with Crippen molar-refractivity contribution in [3.63, 3.8) is 0 Å². The molecule has 45 heavy (non-hydrogen) atoms. The molecule has 7 aromatic carbocycles. The molecule has 2 heterocycles. The highest BCUT2D eigenvalue weighted by molar-refractivity contribution is 7.27. The number of para-hydroxylation sites is 1. The van der Waals surface area contributed by atoms with Gasteiger partial charge in [-0.1, -0.05) is 115 Å². The van der Waals surface area contributed by atoms with E-state index in [4.69, 9.17) is 4.42 Å². The van der Waals surface area contributed by atoms with E-state index in [2.05, 4.69) is 163 Å². The summed E-state index contributed by atoms with van der Waals surface area (Å²) in [4.78, 5) is 2.39. The highest BCUT2D eigenvalue weighted by Gasteiger charge is 2.20. The van der Waals surface area contributed by atoms with E-state index < -0.39 is 0 Å². The lowest BCUT2D eigenvalue weighted by molar-refractivity contribution is 0.669. The van der Waals surface area contributed by atoms with E-state index in [-0.39, 0.29) is 0 Å². The molecule has 9 rings (SSSR count). The van der Waals surface area contributed by atoms with E-state index in [1.165, 1.54) is 47.8 Å². The SMILES string of the molecule is c1ccc(-c2ccc(N(c3ccc(-c4ccccc4)cc3)c3cccc4c3sc3c4ccc4oc5ccccc5c43)cc2)cc1. The van der Waals surface area contributed by atoms with Crippen LogP contribution in [0.3, 0.4) is 0 Å². The minimum Gasteiger partial charge on any atom is -0.456 e. The Labute approximate surface area is 265 Å². The zero-order valence-electron chi connectivity index (χ0n) is 24.4. The Hall–Kier alpha value is -5.64. The van der Waals surface area contributed by atoms with Gasteiger partial charge in [0.2, 0.25) is 0 Å². The summed E-state index contributed by atoms with van der Waals surface area (Å²) in [5.74, 6) is 0. The van der Waals surface area contributed by atoms with Crippen molar-refractivity contribution in [2.24, 2.45) is 0 Å². The Bertz CT molecular complexity index is 2370. The first-order valence-electron chi connectivity index (χ1n) is 15.2. The first kappa shape index (κ1) is 25.8. The van der Waals surface area contributed by atoms with Crippen LogP contribution in [0.5, 0.6) is 0 Å². The van der Waals surface area contributed by atoms with Crippen LogP contribution in [0.25, 0.3) is 64.4 Å². The number of hydrogen-bond acceptors (Lipinski definition) is 3. The van der Waals surface area contributed by atoms with Gasteiger partial charge in [0.1, 0.15) is 11.2 Å². The summed E-state index contributed by atoms with van der Waals surface area (Å²) in [7, 11) is 0. The molecule has 2 aromatic heterocycles. The van der Waals surface area contributed by atoms with E-state index in [1.54, 1.807) is 0 Å². The summed E-state index contributed by atoms with van der Waals surface area (Å²) in [6.07, 6.45) is 0. The third-order valence-electron chi connectivity index (χ3n) is 8.69. The minimum absolute atomic E-state index is 0.927. The van der Waals surface area contributed by atoms with Crippen molar-refractivity contribution in [1.29, 1.82) is 0 Å². The monoisotopic (exact) mass is 593 g/mol. The van der Waals surface area contributed by atoms with Gasteiger partial charge in [-0.05, 0) is 70.8 Å². The zero-order valence-corrected chi connectivity index (χ0v) is 25.2. The summed E-state index contributed by atoms with van der Waals surface area (Å²) in [5, 5.41) is 4.87. The second-order valence-corrected chi connectivity index (χ2v) is 12.4. The number of benzene rings is 7. The smallest absolute Gasteiger partial charge is 0.136 e. The maximum absolute atomic E-state index is 6.26. The molecule has 0 N–H and O–H groups in total. The molecule has 0 amide bonds. The van der Waals surface area contributed by atoms with Crippen LogP contribution < -0.4 is 4.90 Å². The van der Waals surface area contributed by atoms with Crippen molar-refractivity contribution >= 4 is 70.5 Å². The molecule has 0 saturated carbocycles. The van der Waals surface area contributed by atoms with E-state index in [1.807, 2.05) is 17.4 Å². The van der Waals surface area contributed by atoms with Crippen LogP contribution in [0.15, 0.2) is 168 Å². The van der Waals surface area contributed by atoms with Gasteiger partial charge in [-0.25, -0.2) is 0 Å². The maximum atomic E-state index is 6.26. The largest absolute Gasteiger partial charge is 0.456 e. The van der Waals surface area contributed by atoms with Crippen LogP contribution in [-0.2, 0) is 0 Å². The van der Waals surface area contributed by atoms with Crippen LogP contribution in [0.2, 0.25) is 0 Å². The molecule has 9 aromatic rings. The molecule has 0 unspecified atom stereocenters. The van der Waals surface area contributed by atoms with Gasteiger partial charge in [0, 0.05) is 37.6 Å². The molecular formula is C42H27NOS. The molecule has 0 fully saturated rings. The predicted octanol–water partition coefficient (Wildman–Crippen LogP) is 12.8. The lowest BCUT2D eigenvalue weighted by Gasteiger charge is -2.26. The summed E-state index contributed by atoms with van der Waals surface area (Å²) >= 11 is 1.85. The fraction of sp³-hybridized carbons (Fsp3) is 0. The highest BCUT2D eigenvalue weighted by atomic mass is 32.1. The fourth-order valence-electron chi connectivity index (χ4n) is 6.52. The van der Waals surface area contributed by atoms with Crippen LogP contribution in [0, 0.1) is 0 Å². The number of thiophene rings is 1. The summed E-state index contributed by atoms with van der Waals surface area (Å²) in [6, 6.07) is 58.3. The first-order valence-corrected chi connectivity index (χ1v) is 16.0. The van der Waals surface area contributed by atoms with E-state index in [0.717, 1.165) is 33.6 Å². The van der Waals surface area contributed by atoms with Crippen LogP contribution >= 0.6 is 11.3 Å². The van der Waals surface area contributed by atoms with Gasteiger partial charge in [-0.3, -0.25) is 0 Å². The standard InChI is InChI=1S/C42H27NOS/c1-3-10-28(11-4-1)30-18-22-32(23-19-30)43(33-24-20-31(21-25-33)29-12-5-2-6-13-29)37-16-9-15-34-35-26-27-39-40(42(35)45-41(34)37)36-14-7-8-17-38(36)44-39/h1-27H. The number of fused-ring (bicyclic) bond motifs is 7.